The van der Waals surface area contributed by atoms with Gasteiger partial charge in [0.15, 0.2) is 5.43 Å². The molecule has 0 radical (unpaired) electrons. The average molecular weight is 395 g/mol. The van der Waals surface area contributed by atoms with Gasteiger partial charge in [-0.2, -0.15) is 0 Å². The minimum atomic E-state index is -0.101. The molecule has 20 heavy (non-hydrogen) atoms. The van der Waals surface area contributed by atoms with E-state index in [-0.39, 0.29) is 11.3 Å². The van der Waals surface area contributed by atoms with Crippen LogP contribution in [0.25, 0.3) is 20.2 Å². The number of carbonyl (C=O) groups excluding carboxylic acids is 1. The first-order chi connectivity index (χ1) is 9.59. The number of rotatable bonds is 1. The molecule has 0 aliphatic rings. The molecule has 0 fully saturated rings. The third-order valence-corrected chi connectivity index (χ3v) is 5.41. The summed E-state index contributed by atoms with van der Waals surface area (Å²) in [4.78, 5) is 24.3. The summed E-state index contributed by atoms with van der Waals surface area (Å²) in [5.74, 6) is -0.101. The summed E-state index contributed by atoms with van der Waals surface area (Å²) >= 11 is 3.50. The monoisotopic (exact) mass is 395 g/mol. The van der Waals surface area contributed by atoms with Crippen LogP contribution in [0.15, 0.2) is 47.3 Å². The van der Waals surface area contributed by atoms with Gasteiger partial charge in [0.25, 0.3) is 0 Å². The Kier molecular flexibility index (Phi) is 3.47. The Hall–Kier alpha value is -1.47. The van der Waals surface area contributed by atoms with Gasteiger partial charge in [-0.1, -0.05) is 18.2 Å². The Morgan fingerprint density at radius 3 is 2.55 bits per heavy atom. The lowest BCUT2D eigenvalue weighted by molar-refractivity contribution is -0.115. The first-order valence-corrected chi connectivity index (χ1v) is 7.79. The molecule has 1 amide bonds. The van der Waals surface area contributed by atoms with E-state index in [0.29, 0.717) is 16.5 Å². The van der Waals surface area contributed by atoms with Crippen molar-refractivity contribution in [1.29, 1.82) is 0 Å². The van der Waals surface area contributed by atoms with Gasteiger partial charge in [0, 0.05) is 21.7 Å². The zero-order valence-electron chi connectivity index (χ0n) is 10.6. The van der Waals surface area contributed by atoms with Crippen LogP contribution in [0.2, 0.25) is 0 Å². The number of fused-ring (bicyclic) bond motifs is 2. The number of halogens is 1. The molecule has 3 aromatic rings. The van der Waals surface area contributed by atoms with Crippen LogP contribution in [0, 0.1) is 0 Å². The van der Waals surface area contributed by atoms with Crippen molar-refractivity contribution in [2.45, 2.75) is 6.92 Å². The van der Waals surface area contributed by atoms with Crippen LogP contribution >= 0.6 is 34.2 Å². The van der Waals surface area contributed by atoms with Crippen molar-refractivity contribution in [2.24, 2.45) is 0 Å². The van der Waals surface area contributed by atoms with Crippen LogP contribution in [0.1, 0.15) is 6.92 Å². The van der Waals surface area contributed by atoms with Crippen LogP contribution in [-0.4, -0.2) is 5.91 Å². The number of amides is 1. The first-order valence-electron chi connectivity index (χ1n) is 6.00. The fourth-order valence-electron chi connectivity index (χ4n) is 2.16. The summed E-state index contributed by atoms with van der Waals surface area (Å²) in [7, 11) is 0. The molecule has 0 N–H and O–H groups in total. The molecule has 0 spiro atoms. The maximum Gasteiger partial charge on any atom is 0.232 e. The summed E-state index contributed by atoms with van der Waals surface area (Å²) in [6, 6.07) is 13.2. The number of anilines is 1. The van der Waals surface area contributed by atoms with Gasteiger partial charge in [0.05, 0.1) is 33.9 Å². The normalized spacial score (nSPS) is 10.9. The lowest BCUT2D eigenvalue weighted by Crippen LogP contribution is -2.17. The highest BCUT2D eigenvalue weighted by Crippen LogP contribution is 2.32. The zero-order valence-corrected chi connectivity index (χ0v) is 13.6. The second kappa shape index (κ2) is 5.14. The molecule has 1 aromatic heterocycles. The second-order valence-electron chi connectivity index (χ2n) is 4.38. The third kappa shape index (κ3) is 2.10. The summed E-state index contributed by atoms with van der Waals surface area (Å²) in [5.41, 5.74) is 0.635. The largest absolute Gasteiger partial charge is 0.288 e. The van der Waals surface area contributed by atoms with E-state index in [1.807, 2.05) is 59.3 Å². The number of nitrogens with zero attached hydrogens (tertiary/aromatic N) is 1. The Morgan fingerprint density at radius 1 is 1.10 bits per heavy atom. The van der Waals surface area contributed by atoms with Crippen molar-refractivity contribution >= 4 is 66.0 Å². The zero-order chi connectivity index (χ0) is 14.3. The van der Waals surface area contributed by atoms with E-state index in [2.05, 4.69) is 0 Å². The molecule has 3 rings (SSSR count). The molecular weight excluding hydrogens is 385 g/mol. The Bertz CT molecular complexity index is 888. The number of benzene rings is 2. The summed E-state index contributed by atoms with van der Waals surface area (Å²) in [6.07, 6.45) is 0. The summed E-state index contributed by atoms with van der Waals surface area (Å²) < 4.78 is 3.35. The molecule has 1 heterocycles. The molecule has 0 bridgehead atoms. The summed E-state index contributed by atoms with van der Waals surface area (Å²) in [6.45, 7) is 1.49. The van der Waals surface area contributed by atoms with Crippen molar-refractivity contribution in [2.75, 3.05) is 3.11 Å². The predicted molar refractivity (Wildman–Crippen MR) is 92.8 cm³/mol. The van der Waals surface area contributed by atoms with E-state index >= 15 is 0 Å². The molecule has 0 aliphatic carbocycles. The van der Waals surface area contributed by atoms with Gasteiger partial charge in [-0.05, 0) is 24.3 Å². The van der Waals surface area contributed by atoms with Gasteiger partial charge in [-0.3, -0.25) is 12.7 Å². The van der Waals surface area contributed by atoms with E-state index in [9.17, 15) is 9.59 Å². The van der Waals surface area contributed by atoms with Crippen molar-refractivity contribution in [3.8, 4) is 0 Å². The average Bonchev–Trinajstić information content (AvgIpc) is 2.46. The molecule has 0 saturated carbocycles. The van der Waals surface area contributed by atoms with Gasteiger partial charge in [-0.15, -0.1) is 11.3 Å². The predicted octanol–water partition coefficient (Wildman–Crippen LogP) is 4.12. The van der Waals surface area contributed by atoms with Crippen molar-refractivity contribution in [3.05, 3.63) is 52.7 Å². The van der Waals surface area contributed by atoms with Crippen molar-refractivity contribution < 1.29 is 4.79 Å². The Labute approximate surface area is 133 Å². The van der Waals surface area contributed by atoms with Crippen LogP contribution < -0.4 is 8.54 Å². The molecule has 3 nitrogen and oxygen atoms in total. The van der Waals surface area contributed by atoms with Crippen LogP contribution in [0.4, 0.5) is 5.69 Å². The first kappa shape index (κ1) is 13.5. The van der Waals surface area contributed by atoms with Crippen molar-refractivity contribution in [1.82, 2.24) is 0 Å². The van der Waals surface area contributed by atoms with Crippen LogP contribution in [0.5, 0.6) is 0 Å². The minimum absolute atomic E-state index is 0.0205. The standard InChI is InChI=1S/C15H10INO2S/c1-9(18)17(16)11-6-4-8-13-14(11)15(19)10-5-2-3-7-12(10)20-13/h2-8H,1H3. The van der Waals surface area contributed by atoms with E-state index in [4.69, 9.17) is 0 Å². The van der Waals surface area contributed by atoms with E-state index in [1.165, 1.54) is 10.0 Å². The van der Waals surface area contributed by atoms with E-state index < -0.39 is 0 Å². The lowest BCUT2D eigenvalue weighted by Gasteiger charge is -2.14. The maximum absolute atomic E-state index is 12.7. The smallest absolute Gasteiger partial charge is 0.232 e. The minimum Gasteiger partial charge on any atom is -0.288 e. The Balaban J connectivity index is 2.48. The second-order valence-corrected chi connectivity index (χ2v) is 6.43. The highest BCUT2D eigenvalue weighted by Gasteiger charge is 2.15. The fourth-order valence-corrected chi connectivity index (χ4v) is 3.66. The maximum atomic E-state index is 12.7. The number of carbonyl (C=O) groups is 1. The van der Waals surface area contributed by atoms with Crippen molar-refractivity contribution in [3.63, 3.8) is 0 Å². The molecule has 0 aliphatic heterocycles. The van der Waals surface area contributed by atoms with Gasteiger partial charge in [0.2, 0.25) is 5.91 Å². The SMILES string of the molecule is CC(=O)N(I)c1cccc2sc3ccccc3c(=O)c12. The van der Waals surface area contributed by atoms with Gasteiger partial charge in [-0.25, -0.2) is 0 Å². The third-order valence-electron chi connectivity index (χ3n) is 3.07. The quantitative estimate of drug-likeness (QED) is 0.353. The van der Waals surface area contributed by atoms with E-state index in [0.717, 1.165) is 9.40 Å². The summed E-state index contributed by atoms with van der Waals surface area (Å²) in [5, 5.41) is 1.31. The van der Waals surface area contributed by atoms with Gasteiger partial charge < -0.3 is 0 Å². The fraction of sp³-hybridized carbons (Fsp3) is 0.0667. The molecule has 100 valence electrons. The lowest BCUT2D eigenvalue weighted by atomic mass is 10.1. The van der Waals surface area contributed by atoms with Crippen LogP contribution in [0.3, 0.4) is 0 Å². The topological polar surface area (TPSA) is 37.4 Å². The molecular formula is C15H10INO2S. The molecule has 0 saturated heterocycles. The van der Waals surface area contributed by atoms with Crippen LogP contribution in [-0.2, 0) is 4.79 Å². The Morgan fingerprint density at radius 2 is 1.80 bits per heavy atom. The number of hydrogen-bond donors (Lipinski definition) is 0. The molecule has 0 unspecified atom stereocenters. The molecule has 0 atom stereocenters. The molecule has 5 heteroatoms. The highest BCUT2D eigenvalue weighted by molar-refractivity contribution is 14.1. The highest BCUT2D eigenvalue weighted by atomic mass is 127. The number of hydrogen-bond acceptors (Lipinski definition) is 3. The van der Waals surface area contributed by atoms with E-state index in [1.54, 1.807) is 17.4 Å². The van der Waals surface area contributed by atoms with Gasteiger partial charge in [0.1, 0.15) is 0 Å². The van der Waals surface area contributed by atoms with Gasteiger partial charge >= 0.3 is 0 Å². The molecule has 2 aromatic carbocycles.